The molecule has 5 nitrogen and oxygen atoms in total. The monoisotopic (exact) mass is 409 g/mol. The van der Waals surface area contributed by atoms with Gasteiger partial charge in [-0.1, -0.05) is 0 Å². The maximum atomic E-state index is 13.4. The third-order valence-corrected chi connectivity index (χ3v) is 6.47. The summed E-state index contributed by atoms with van der Waals surface area (Å²) in [6.45, 7) is 3.93. The number of thiophene rings is 1. The van der Waals surface area contributed by atoms with Gasteiger partial charge in [0.2, 0.25) is 0 Å². The highest BCUT2D eigenvalue weighted by atomic mass is 32.1. The van der Waals surface area contributed by atoms with E-state index in [0.717, 1.165) is 40.2 Å². The van der Waals surface area contributed by atoms with Crippen LogP contribution in [0.15, 0.2) is 53.1 Å². The van der Waals surface area contributed by atoms with Crippen LogP contribution >= 0.6 is 11.3 Å². The quantitative estimate of drug-likeness (QED) is 0.438. The second kappa shape index (κ2) is 6.84. The van der Waals surface area contributed by atoms with Crippen LogP contribution in [0.25, 0.3) is 15.9 Å². The van der Waals surface area contributed by atoms with Gasteiger partial charge in [0.05, 0.1) is 28.6 Å². The van der Waals surface area contributed by atoms with Gasteiger partial charge in [-0.2, -0.15) is 5.10 Å². The van der Waals surface area contributed by atoms with E-state index in [-0.39, 0.29) is 23.8 Å². The van der Waals surface area contributed by atoms with Crippen molar-refractivity contribution in [3.8, 4) is 5.69 Å². The Morgan fingerprint density at radius 2 is 2.07 bits per heavy atom. The average molecular weight is 409 g/mol. The van der Waals surface area contributed by atoms with Gasteiger partial charge in [-0.15, -0.1) is 11.3 Å². The Bertz CT molecular complexity index is 1170. The third-order valence-electron chi connectivity index (χ3n) is 5.37. The Morgan fingerprint density at radius 3 is 2.72 bits per heavy atom. The first-order valence-corrected chi connectivity index (χ1v) is 10.5. The van der Waals surface area contributed by atoms with Gasteiger partial charge in [-0.05, 0) is 69.2 Å². The zero-order valence-electron chi connectivity index (χ0n) is 16.1. The van der Waals surface area contributed by atoms with E-state index in [2.05, 4.69) is 5.10 Å². The number of aryl methyl sites for hydroxylation is 1. The minimum Gasteiger partial charge on any atom is -0.467 e. The summed E-state index contributed by atoms with van der Waals surface area (Å²) in [5, 5.41) is 5.53. The number of carbonyl (C=O) groups excluding carboxylic acids is 1. The molecule has 3 heterocycles. The van der Waals surface area contributed by atoms with Crippen molar-refractivity contribution in [3.63, 3.8) is 0 Å². The number of nitrogens with zero attached hydrogens (tertiary/aromatic N) is 3. The molecule has 0 N–H and O–H groups in total. The Kier molecular flexibility index (Phi) is 4.28. The lowest BCUT2D eigenvalue weighted by atomic mass is 10.2. The van der Waals surface area contributed by atoms with E-state index in [9.17, 15) is 9.18 Å². The molecule has 148 valence electrons. The SMILES string of the molecule is Cc1nn(-c2ccc(F)cc2)c2sc(C(=O)N(C3CC3)C(C)c3ccco3)cc12. The van der Waals surface area contributed by atoms with E-state index in [1.54, 1.807) is 23.1 Å². The number of rotatable bonds is 5. The van der Waals surface area contributed by atoms with E-state index in [0.29, 0.717) is 4.88 Å². The average Bonchev–Trinajstić information content (AvgIpc) is 3.13. The smallest absolute Gasteiger partial charge is 0.264 e. The Labute approximate surface area is 171 Å². The molecule has 1 unspecified atom stereocenters. The molecule has 0 aliphatic heterocycles. The van der Waals surface area contributed by atoms with Gasteiger partial charge in [0, 0.05) is 11.4 Å². The van der Waals surface area contributed by atoms with Crippen molar-refractivity contribution in [2.75, 3.05) is 0 Å². The van der Waals surface area contributed by atoms with Crippen LogP contribution in [-0.2, 0) is 0 Å². The topological polar surface area (TPSA) is 51.3 Å². The maximum Gasteiger partial charge on any atom is 0.264 e. The van der Waals surface area contributed by atoms with E-state index in [4.69, 9.17) is 4.42 Å². The Hall–Kier alpha value is -2.93. The van der Waals surface area contributed by atoms with Crippen molar-refractivity contribution in [1.82, 2.24) is 14.7 Å². The predicted octanol–water partition coefficient (Wildman–Crippen LogP) is 5.49. The fourth-order valence-electron chi connectivity index (χ4n) is 3.71. The van der Waals surface area contributed by atoms with Gasteiger partial charge in [-0.25, -0.2) is 9.07 Å². The highest BCUT2D eigenvalue weighted by Gasteiger charge is 2.38. The molecule has 1 atom stereocenters. The molecule has 0 saturated heterocycles. The van der Waals surface area contributed by atoms with Gasteiger partial charge >= 0.3 is 0 Å². The lowest BCUT2D eigenvalue weighted by Gasteiger charge is -2.27. The van der Waals surface area contributed by atoms with Gasteiger partial charge in [0.25, 0.3) is 5.91 Å². The van der Waals surface area contributed by atoms with Crippen molar-refractivity contribution in [2.45, 2.75) is 38.8 Å². The molecule has 1 amide bonds. The van der Waals surface area contributed by atoms with Crippen LogP contribution < -0.4 is 0 Å². The minimum absolute atomic E-state index is 0.0163. The number of benzene rings is 1. The largest absolute Gasteiger partial charge is 0.467 e. The van der Waals surface area contributed by atoms with Crippen molar-refractivity contribution in [1.29, 1.82) is 0 Å². The first kappa shape index (κ1) is 18.1. The maximum absolute atomic E-state index is 13.4. The van der Waals surface area contributed by atoms with Crippen LogP contribution in [0.4, 0.5) is 4.39 Å². The third kappa shape index (κ3) is 3.15. The second-order valence-corrected chi connectivity index (χ2v) is 8.47. The predicted molar refractivity (Wildman–Crippen MR) is 110 cm³/mol. The Morgan fingerprint density at radius 1 is 1.31 bits per heavy atom. The van der Waals surface area contributed by atoms with Crippen molar-refractivity contribution in [2.24, 2.45) is 0 Å². The first-order chi connectivity index (χ1) is 14.0. The molecule has 0 spiro atoms. The molecule has 0 radical (unpaired) electrons. The van der Waals surface area contributed by atoms with E-state index in [1.807, 2.05) is 36.9 Å². The molecular formula is C22H20FN3O2S. The van der Waals surface area contributed by atoms with E-state index >= 15 is 0 Å². The number of furan rings is 1. The molecule has 1 fully saturated rings. The van der Waals surface area contributed by atoms with Crippen LogP contribution in [0, 0.1) is 12.7 Å². The van der Waals surface area contributed by atoms with Crippen LogP contribution in [0.1, 0.15) is 46.9 Å². The molecule has 1 saturated carbocycles. The molecule has 3 aromatic heterocycles. The summed E-state index contributed by atoms with van der Waals surface area (Å²) in [7, 11) is 0. The number of fused-ring (bicyclic) bond motifs is 1. The van der Waals surface area contributed by atoms with Gasteiger partial charge < -0.3 is 9.32 Å². The molecule has 7 heteroatoms. The fourth-order valence-corrected chi connectivity index (χ4v) is 4.84. The number of hydrogen-bond donors (Lipinski definition) is 0. The van der Waals surface area contributed by atoms with Crippen molar-refractivity contribution >= 4 is 27.5 Å². The standard InChI is InChI=1S/C22H20FN3O2S/c1-13-18-12-20(29-22(18)26(24-13)17-7-5-15(23)6-8-17)21(27)25(16-9-10-16)14(2)19-4-3-11-28-19/h3-8,11-12,14,16H,9-10H2,1-2H3. The van der Waals surface area contributed by atoms with Crippen molar-refractivity contribution < 1.29 is 13.6 Å². The molecule has 1 aliphatic rings. The Balaban J connectivity index is 1.53. The van der Waals surface area contributed by atoms with Gasteiger partial charge in [-0.3, -0.25) is 4.79 Å². The number of aromatic nitrogens is 2. The summed E-state index contributed by atoms with van der Waals surface area (Å²) in [6, 6.07) is 12.0. The summed E-state index contributed by atoms with van der Waals surface area (Å²) in [4.78, 5) is 17.0. The van der Waals surface area contributed by atoms with E-state index < -0.39 is 0 Å². The highest BCUT2D eigenvalue weighted by molar-refractivity contribution is 7.20. The zero-order chi connectivity index (χ0) is 20.1. The van der Waals surface area contributed by atoms with Crippen molar-refractivity contribution in [3.05, 3.63) is 70.9 Å². The van der Waals surface area contributed by atoms with Gasteiger partial charge in [0.15, 0.2) is 0 Å². The number of hydrogen-bond acceptors (Lipinski definition) is 4. The molecular weight excluding hydrogens is 389 g/mol. The number of amides is 1. The van der Waals surface area contributed by atoms with Crippen LogP contribution in [-0.4, -0.2) is 26.6 Å². The lowest BCUT2D eigenvalue weighted by molar-refractivity contribution is 0.0658. The number of carbonyl (C=O) groups is 1. The molecule has 29 heavy (non-hydrogen) atoms. The van der Waals surface area contributed by atoms with Crippen LogP contribution in [0.3, 0.4) is 0 Å². The summed E-state index contributed by atoms with van der Waals surface area (Å²) < 4.78 is 20.6. The summed E-state index contributed by atoms with van der Waals surface area (Å²) in [5.41, 5.74) is 1.62. The molecule has 1 aromatic carbocycles. The van der Waals surface area contributed by atoms with E-state index in [1.165, 1.54) is 23.5 Å². The molecule has 5 rings (SSSR count). The highest BCUT2D eigenvalue weighted by Crippen LogP contribution is 2.38. The fraction of sp³-hybridized carbons (Fsp3) is 0.273. The summed E-state index contributed by atoms with van der Waals surface area (Å²) in [6.07, 6.45) is 3.68. The molecule has 1 aliphatic carbocycles. The normalized spacial score (nSPS) is 15.0. The lowest BCUT2D eigenvalue weighted by Crippen LogP contribution is -2.35. The first-order valence-electron chi connectivity index (χ1n) is 9.64. The van der Waals surface area contributed by atoms with Crippen LogP contribution in [0.5, 0.6) is 0 Å². The second-order valence-electron chi connectivity index (χ2n) is 7.44. The molecule has 0 bridgehead atoms. The van der Waals surface area contributed by atoms with Crippen LogP contribution in [0.2, 0.25) is 0 Å². The summed E-state index contributed by atoms with van der Waals surface area (Å²) in [5.74, 6) is 0.519. The zero-order valence-corrected chi connectivity index (χ0v) is 16.9. The number of halogens is 1. The minimum atomic E-state index is -0.289. The summed E-state index contributed by atoms with van der Waals surface area (Å²) >= 11 is 1.42. The van der Waals surface area contributed by atoms with Gasteiger partial charge in [0.1, 0.15) is 16.4 Å². The molecule has 4 aromatic rings.